The van der Waals surface area contributed by atoms with E-state index in [-0.39, 0.29) is 18.7 Å². The lowest BCUT2D eigenvalue weighted by Gasteiger charge is -2.21. The molecule has 9 heteroatoms. The van der Waals surface area contributed by atoms with Crippen molar-refractivity contribution in [1.82, 2.24) is 0 Å². The molecule has 218 valence electrons. The van der Waals surface area contributed by atoms with Gasteiger partial charge < -0.3 is 9.64 Å². The van der Waals surface area contributed by atoms with E-state index in [2.05, 4.69) is 4.85 Å². The quantitative estimate of drug-likeness (QED) is 0.174. The Bertz CT molecular complexity index is 1960. The Morgan fingerprint density at radius 2 is 1.45 bits per heavy atom. The van der Waals surface area contributed by atoms with Gasteiger partial charge >= 0.3 is 0 Å². The molecule has 0 saturated heterocycles. The number of ether oxygens (including phenoxy) is 1. The molecule has 0 atom stereocenters. The van der Waals surface area contributed by atoms with Crippen LogP contribution in [-0.2, 0) is 14.9 Å². The first-order valence-corrected chi connectivity index (χ1v) is 15.5. The van der Waals surface area contributed by atoms with Crippen LogP contribution in [0.2, 0.25) is 0 Å². The second-order valence-electron chi connectivity index (χ2n) is 10.2. The van der Waals surface area contributed by atoms with E-state index in [0.717, 1.165) is 22.4 Å². The predicted molar refractivity (Wildman–Crippen MR) is 171 cm³/mol. The molecular formula is C35H27N3O5S. The van der Waals surface area contributed by atoms with Crippen molar-refractivity contribution in [3.8, 4) is 16.9 Å². The standard InChI is InChI=1S/C35H27N3O5S/c1-36-34-33(26-14-7-3-8-15-26)29(38(35(34)39)28-16-9-4-10-17-28)19-21-32-37(22-11-23-44(40,41)42)30-24-27(18-20-31(30)43-32)25-12-5-2-6-13-25/h2-10,12-21,24H,11,22-23H2,(H,40,41,42)/b29-19-,32-21-. The number of fused-ring (bicyclic) bond motifs is 1. The number of amides is 1. The number of para-hydroxylation sites is 1. The van der Waals surface area contributed by atoms with Gasteiger partial charge in [-0.15, -0.1) is 0 Å². The largest absolute Gasteiger partial charge is 0.439 e. The highest BCUT2D eigenvalue weighted by Crippen LogP contribution is 2.43. The van der Waals surface area contributed by atoms with Crippen LogP contribution in [0.25, 0.3) is 21.5 Å². The van der Waals surface area contributed by atoms with Crippen molar-refractivity contribution in [2.75, 3.05) is 22.1 Å². The lowest BCUT2D eigenvalue weighted by atomic mass is 10.0. The van der Waals surface area contributed by atoms with Gasteiger partial charge in [0.15, 0.2) is 5.75 Å². The van der Waals surface area contributed by atoms with Gasteiger partial charge in [0.25, 0.3) is 21.7 Å². The van der Waals surface area contributed by atoms with E-state index in [9.17, 15) is 17.8 Å². The van der Waals surface area contributed by atoms with Gasteiger partial charge in [0.05, 0.1) is 18.0 Å². The maximum atomic E-state index is 13.6. The number of carbonyl (C=O) groups excluding carboxylic acids is 1. The van der Waals surface area contributed by atoms with Crippen LogP contribution in [0.1, 0.15) is 12.0 Å². The second kappa shape index (κ2) is 12.1. The van der Waals surface area contributed by atoms with Crippen molar-refractivity contribution in [1.29, 1.82) is 0 Å². The highest BCUT2D eigenvalue weighted by atomic mass is 32.2. The first-order chi connectivity index (χ1) is 21.3. The lowest BCUT2D eigenvalue weighted by molar-refractivity contribution is -0.114. The zero-order valence-electron chi connectivity index (χ0n) is 23.5. The maximum Gasteiger partial charge on any atom is 0.264 e. The number of anilines is 2. The summed E-state index contributed by atoms with van der Waals surface area (Å²) in [6.07, 6.45) is 3.63. The molecule has 2 aliphatic rings. The molecule has 6 rings (SSSR count). The van der Waals surface area contributed by atoms with Gasteiger partial charge in [-0.25, -0.2) is 4.85 Å². The molecule has 1 N–H and O–H groups in total. The van der Waals surface area contributed by atoms with Gasteiger partial charge in [-0.05, 0) is 53.5 Å². The van der Waals surface area contributed by atoms with Gasteiger partial charge in [-0.2, -0.15) is 8.42 Å². The molecule has 0 aromatic heterocycles. The van der Waals surface area contributed by atoms with E-state index in [1.807, 2.05) is 114 Å². The molecule has 0 bridgehead atoms. The number of nitrogens with zero attached hydrogens (tertiary/aromatic N) is 3. The summed E-state index contributed by atoms with van der Waals surface area (Å²) < 4.78 is 38.7. The van der Waals surface area contributed by atoms with E-state index in [4.69, 9.17) is 11.3 Å². The predicted octanol–water partition coefficient (Wildman–Crippen LogP) is 6.93. The van der Waals surface area contributed by atoms with Crippen molar-refractivity contribution in [2.24, 2.45) is 0 Å². The highest BCUT2D eigenvalue weighted by Gasteiger charge is 2.37. The Labute approximate surface area is 256 Å². The SMILES string of the molecule is [C-]#[N+]C1=C(c2ccccc2)/C(=C/C=C2\Oc3ccc(-c4ccccc4)cc3N2CCCS(=O)(=O)O)N(c2ccccc2)C1=O. The minimum atomic E-state index is -4.16. The van der Waals surface area contributed by atoms with Crippen LogP contribution in [0.4, 0.5) is 11.4 Å². The summed E-state index contributed by atoms with van der Waals surface area (Å²) in [5.41, 5.74) is 5.08. The van der Waals surface area contributed by atoms with Crippen LogP contribution < -0.4 is 14.5 Å². The van der Waals surface area contributed by atoms with Crippen LogP contribution in [0.5, 0.6) is 5.75 Å². The van der Waals surface area contributed by atoms with Gasteiger partial charge in [0.1, 0.15) is 0 Å². The zero-order chi connectivity index (χ0) is 30.7. The topological polar surface area (TPSA) is 91.5 Å². The van der Waals surface area contributed by atoms with E-state index in [0.29, 0.717) is 28.6 Å². The number of rotatable bonds is 8. The average molecular weight is 602 g/mol. The fourth-order valence-corrected chi connectivity index (χ4v) is 5.85. The third-order valence-corrected chi connectivity index (χ3v) is 8.14. The van der Waals surface area contributed by atoms with Crippen molar-refractivity contribution >= 4 is 33.0 Å². The Hall–Kier alpha value is -5.43. The summed E-state index contributed by atoms with van der Waals surface area (Å²) in [5, 5.41) is 0. The van der Waals surface area contributed by atoms with E-state index >= 15 is 0 Å². The average Bonchev–Trinajstić information content (AvgIpc) is 3.53. The molecule has 4 aromatic rings. The summed E-state index contributed by atoms with van der Waals surface area (Å²) in [6, 6.07) is 34.1. The fraction of sp³-hybridized carbons (Fsp3) is 0.0857. The van der Waals surface area contributed by atoms with Gasteiger partial charge in [-0.3, -0.25) is 14.2 Å². The van der Waals surface area contributed by atoms with Crippen molar-refractivity contribution in [3.63, 3.8) is 0 Å². The molecule has 0 fully saturated rings. The molecule has 0 saturated carbocycles. The maximum absolute atomic E-state index is 13.6. The number of benzene rings is 4. The molecule has 8 nitrogen and oxygen atoms in total. The van der Waals surface area contributed by atoms with Crippen LogP contribution in [-0.4, -0.2) is 31.2 Å². The van der Waals surface area contributed by atoms with Crippen LogP contribution >= 0.6 is 0 Å². The number of hydrogen-bond acceptors (Lipinski definition) is 5. The molecule has 2 aliphatic heterocycles. The number of hydrogen-bond donors (Lipinski definition) is 1. The molecule has 0 aliphatic carbocycles. The Balaban J connectivity index is 1.46. The Morgan fingerprint density at radius 3 is 2.09 bits per heavy atom. The van der Waals surface area contributed by atoms with Crippen LogP contribution in [0, 0.1) is 6.57 Å². The smallest absolute Gasteiger partial charge is 0.264 e. The summed E-state index contributed by atoms with van der Waals surface area (Å²) in [7, 11) is -4.16. The summed E-state index contributed by atoms with van der Waals surface area (Å²) in [6.45, 7) is 8.11. The molecule has 0 radical (unpaired) electrons. The minimum absolute atomic E-state index is 0.0119. The van der Waals surface area contributed by atoms with Crippen LogP contribution in [0.15, 0.2) is 139 Å². The fourth-order valence-electron chi connectivity index (χ4n) is 5.36. The highest BCUT2D eigenvalue weighted by molar-refractivity contribution is 7.85. The lowest BCUT2D eigenvalue weighted by Crippen LogP contribution is -2.25. The molecule has 4 aromatic carbocycles. The second-order valence-corrected chi connectivity index (χ2v) is 11.7. The molecule has 1 amide bonds. The molecular weight excluding hydrogens is 574 g/mol. The molecule has 0 spiro atoms. The van der Waals surface area contributed by atoms with Crippen molar-refractivity contribution < 1.29 is 22.5 Å². The van der Waals surface area contributed by atoms with Crippen molar-refractivity contribution in [2.45, 2.75) is 6.42 Å². The minimum Gasteiger partial charge on any atom is -0.439 e. The Morgan fingerprint density at radius 1 is 0.818 bits per heavy atom. The summed E-state index contributed by atoms with van der Waals surface area (Å²) in [5.74, 6) is 0.168. The molecule has 2 heterocycles. The summed E-state index contributed by atoms with van der Waals surface area (Å²) >= 11 is 0. The first-order valence-electron chi connectivity index (χ1n) is 13.9. The molecule has 44 heavy (non-hydrogen) atoms. The normalized spacial score (nSPS) is 16.4. The first kappa shape index (κ1) is 28.7. The third-order valence-electron chi connectivity index (χ3n) is 7.33. The van der Waals surface area contributed by atoms with Gasteiger partial charge in [0.2, 0.25) is 5.88 Å². The van der Waals surface area contributed by atoms with E-state index in [1.165, 1.54) is 4.90 Å². The van der Waals surface area contributed by atoms with Gasteiger partial charge in [0, 0.05) is 29.6 Å². The van der Waals surface area contributed by atoms with Crippen LogP contribution in [0.3, 0.4) is 0 Å². The molecule has 0 unspecified atom stereocenters. The van der Waals surface area contributed by atoms with Gasteiger partial charge in [-0.1, -0.05) is 84.9 Å². The summed E-state index contributed by atoms with van der Waals surface area (Å²) in [4.78, 5) is 20.7. The number of allylic oxidation sites excluding steroid dienone is 3. The van der Waals surface area contributed by atoms with E-state index in [1.54, 1.807) is 12.2 Å². The zero-order valence-corrected chi connectivity index (χ0v) is 24.3. The third kappa shape index (κ3) is 5.77. The van der Waals surface area contributed by atoms with Crippen molar-refractivity contribution in [3.05, 3.63) is 156 Å². The Kier molecular flexibility index (Phi) is 7.85. The monoisotopic (exact) mass is 601 g/mol. The van der Waals surface area contributed by atoms with E-state index < -0.39 is 21.8 Å². The number of carbonyl (C=O) groups is 1.